The summed E-state index contributed by atoms with van der Waals surface area (Å²) in [7, 11) is -3.73. The van der Waals surface area contributed by atoms with Crippen molar-refractivity contribution in [2.75, 3.05) is 5.32 Å². The predicted molar refractivity (Wildman–Crippen MR) is 96.1 cm³/mol. The number of sulfonamides is 1. The van der Waals surface area contributed by atoms with Gasteiger partial charge in [-0.1, -0.05) is 26.7 Å². The lowest BCUT2D eigenvalue weighted by Gasteiger charge is -2.18. The highest BCUT2D eigenvalue weighted by atomic mass is 32.2. The van der Waals surface area contributed by atoms with Crippen LogP contribution in [-0.2, 0) is 10.0 Å². The third-order valence-electron chi connectivity index (χ3n) is 3.73. The Kier molecular flexibility index (Phi) is 7.69. The Bertz CT molecular complexity index is 659. The van der Waals surface area contributed by atoms with Gasteiger partial charge >= 0.3 is 5.97 Å². The minimum atomic E-state index is -3.73. The molecule has 2 atom stereocenters. The van der Waals surface area contributed by atoms with Gasteiger partial charge < -0.3 is 10.4 Å². The van der Waals surface area contributed by atoms with Crippen LogP contribution in [0.25, 0.3) is 0 Å². The van der Waals surface area contributed by atoms with Gasteiger partial charge in [-0.05, 0) is 44.9 Å². The molecule has 0 saturated carbocycles. The van der Waals surface area contributed by atoms with Crippen molar-refractivity contribution < 1.29 is 18.3 Å². The van der Waals surface area contributed by atoms with Gasteiger partial charge in [-0.3, -0.25) is 0 Å². The van der Waals surface area contributed by atoms with E-state index in [4.69, 9.17) is 0 Å². The maximum Gasteiger partial charge on any atom is 0.337 e. The first-order chi connectivity index (χ1) is 11.2. The molecule has 0 aliphatic rings. The summed E-state index contributed by atoms with van der Waals surface area (Å²) >= 11 is 0. The maximum atomic E-state index is 12.4. The van der Waals surface area contributed by atoms with Crippen LogP contribution >= 0.6 is 0 Å². The van der Waals surface area contributed by atoms with E-state index in [0.717, 1.165) is 25.7 Å². The van der Waals surface area contributed by atoms with Gasteiger partial charge in [-0.15, -0.1) is 0 Å². The first kappa shape index (κ1) is 20.4. The van der Waals surface area contributed by atoms with Crippen LogP contribution in [0.15, 0.2) is 23.1 Å². The zero-order chi connectivity index (χ0) is 18.3. The van der Waals surface area contributed by atoms with E-state index in [-0.39, 0.29) is 22.5 Å². The lowest BCUT2D eigenvalue weighted by molar-refractivity contribution is 0.0697. The van der Waals surface area contributed by atoms with Crippen molar-refractivity contribution in [3.63, 3.8) is 0 Å². The molecule has 0 spiro atoms. The fourth-order valence-corrected chi connectivity index (χ4v) is 3.89. The molecule has 6 nitrogen and oxygen atoms in total. The van der Waals surface area contributed by atoms with Gasteiger partial charge in [0, 0.05) is 17.8 Å². The molecule has 0 saturated heterocycles. The second kappa shape index (κ2) is 9.03. The monoisotopic (exact) mass is 356 g/mol. The van der Waals surface area contributed by atoms with Gasteiger partial charge in [-0.2, -0.15) is 0 Å². The summed E-state index contributed by atoms with van der Waals surface area (Å²) in [5.41, 5.74) is 0.396. The SMILES string of the molecule is CCC[C@@H](C)NS(=O)(=O)c1ccc(N[C@@H](C)CCC)c(C(=O)O)c1. The molecule has 0 bridgehead atoms. The van der Waals surface area contributed by atoms with E-state index < -0.39 is 16.0 Å². The van der Waals surface area contributed by atoms with Gasteiger partial charge in [0.15, 0.2) is 0 Å². The van der Waals surface area contributed by atoms with Crippen molar-refractivity contribution in [3.8, 4) is 0 Å². The highest BCUT2D eigenvalue weighted by molar-refractivity contribution is 7.89. The molecule has 1 rings (SSSR count). The van der Waals surface area contributed by atoms with Gasteiger partial charge in [-0.25, -0.2) is 17.9 Å². The number of carboxylic acids is 1. The molecule has 0 aromatic heterocycles. The highest BCUT2D eigenvalue weighted by Gasteiger charge is 2.21. The number of rotatable bonds is 10. The molecule has 0 fully saturated rings. The van der Waals surface area contributed by atoms with Crippen LogP contribution in [0.3, 0.4) is 0 Å². The van der Waals surface area contributed by atoms with Gasteiger partial charge in [0.05, 0.1) is 10.5 Å². The fourth-order valence-electron chi connectivity index (χ4n) is 2.59. The lowest BCUT2D eigenvalue weighted by Crippen LogP contribution is -2.32. The molecule has 136 valence electrons. The van der Waals surface area contributed by atoms with Crippen LogP contribution in [0, 0.1) is 0 Å². The Morgan fingerprint density at radius 3 is 2.25 bits per heavy atom. The number of nitrogens with one attached hydrogen (secondary N) is 2. The zero-order valence-corrected chi connectivity index (χ0v) is 15.6. The molecule has 0 aliphatic heterocycles. The molecular weight excluding hydrogens is 328 g/mol. The first-order valence-corrected chi connectivity index (χ1v) is 9.85. The van der Waals surface area contributed by atoms with E-state index in [0.29, 0.717) is 5.69 Å². The summed E-state index contributed by atoms with van der Waals surface area (Å²) in [5, 5.41) is 12.5. The van der Waals surface area contributed by atoms with Crippen molar-refractivity contribution in [3.05, 3.63) is 23.8 Å². The Morgan fingerprint density at radius 2 is 1.71 bits per heavy atom. The van der Waals surface area contributed by atoms with E-state index in [1.54, 1.807) is 6.92 Å². The standard InChI is InChI=1S/C17H28N2O4S/c1-5-7-12(3)18-16-10-9-14(11-15(16)17(20)21)24(22,23)19-13(4)8-6-2/h9-13,18-19H,5-8H2,1-4H3,(H,20,21)/t12-,13+/m0/s1. The molecule has 24 heavy (non-hydrogen) atoms. The molecule has 7 heteroatoms. The number of aromatic carboxylic acids is 1. The van der Waals surface area contributed by atoms with Crippen molar-refractivity contribution in [2.45, 2.75) is 70.4 Å². The lowest BCUT2D eigenvalue weighted by atomic mass is 10.1. The molecule has 3 N–H and O–H groups in total. The van der Waals surface area contributed by atoms with E-state index in [2.05, 4.69) is 17.0 Å². The van der Waals surface area contributed by atoms with Gasteiger partial charge in [0.2, 0.25) is 10.0 Å². The Balaban J connectivity index is 3.11. The Labute approximate surface area is 144 Å². The second-order valence-corrected chi connectivity index (χ2v) is 7.87. The normalized spacial score (nSPS) is 14.2. The van der Waals surface area contributed by atoms with Crippen LogP contribution < -0.4 is 10.0 Å². The molecule has 0 aliphatic carbocycles. The quantitative estimate of drug-likeness (QED) is 0.597. The van der Waals surface area contributed by atoms with E-state index in [9.17, 15) is 18.3 Å². The fraction of sp³-hybridized carbons (Fsp3) is 0.588. The summed E-state index contributed by atoms with van der Waals surface area (Å²) in [6.07, 6.45) is 3.46. The molecule has 0 radical (unpaired) electrons. The summed E-state index contributed by atoms with van der Waals surface area (Å²) in [6.45, 7) is 7.79. The van der Waals surface area contributed by atoms with Crippen LogP contribution in [-0.4, -0.2) is 31.6 Å². The minimum Gasteiger partial charge on any atom is -0.478 e. The van der Waals surface area contributed by atoms with Crippen molar-refractivity contribution in [1.82, 2.24) is 4.72 Å². The molecule has 0 amide bonds. The molecule has 0 heterocycles. The molecule has 1 aromatic carbocycles. The van der Waals surface area contributed by atoms with Crippen molar-refractivity contribution in [1.29, 1.82) is 0 Å². The smallest absolute Gasteiger partial charge is 0.337 e. The first-order valence-electron chi connectivity index (χ1n) is 8.37. The van der Waals surface area contributed by atoms with E-state index in [1.165, 1.54) is 18.2 Å². The minimum absolute atomic E-state index is 0.0310. The summed E-state index contributed by atoms with van der Waals surface area (Å²) < 4.78 is 27.4. The average molecular weight is 356 g/mol. The van der Waals surface area contributed by atoms with Crippen molar-refractivity contribution >= 4 is 21.7 Å². The maximum absolute atomic E-state index is 12.4. The van der Waals surface area contributed by atoms with Crippen LogP contribution in [0.1, 0.15) is 63.7 Å². The number of hydrogen-bond acceptors (Lipinski definition) is 4. The highest BCUT2D eigenvalue weighted by Crippen LogP contribution is 2.22. The summed E-state index contributed by atoms with van der Waals surface area (Å²) in [6, 6.07) is 4.09. The van der Waals surface area contributed by atoms with E-state index >= 15 is 0 Å². The Morgan fingerprint density at radius 1 is 1.12 bits per heavy atom. The average Bonchev–Trinajstić information content (AvgIpc) is 2.47. The zero-order valence-electron chi connectivity index (χ0n) is 14.8. The van der Waals surface area contributed by atoms with Crippen LogP contribution in [0.5, 0.6) is 0 Å². The van der Waals surface area contributed by atoms with Crippen molar-refractivity contribution in [2.24, 2.45) is 0 Å². The Hall–Kier alpha value is -1.60. The summed E-state index contributed by atoms with van der Waals surface area (Å²) in [5.74, 6) is -1.15. The number of carbonyl (C=O) groups is 1. The second-order valence-electron chi connectivity index (χ2n) is 6.16. The molecular formula is C17H28N2O4S. The predicted octanol–water partition coefficient (Wildman–Crippen LogP) is 3.45. The third kappa shape index (κ3) is 5.79. The van der Waals surface area contributed by atoms with Crippen LogP contribution in [0.4, 0.5) is 5.69 Å². The molecule has 1 aromatic rings. The number of carboxylic acid groups (broad SMARTS) is 1. The number of benzene rings is 1. The number of anilines is 1. The van der Waals surface area contributed by atoms with Crippen LogP contribution in [0.2, 0.25) is 0 Å². The largest absolute Gasteiger partial charge is 0.478 e. The summed E-state index contributed by atoms with van der Waals surface area (Å²) in [4.78, 5) is 11.5. The molecule has 0 unspecified atom stereocenters. The van der Waals surface area contributed by atoms with Gasteiger partial charge in [0.1, 0.15) is 0 Å². The third-order valence-corrected chi connectivity index (χ3v) is 5.32. The number of hydrogen-bond donors (Lipinski definition) is 3. The van der Waals surface area contributed by atoms with Gasteiger partial charge in [0.25, 0.3) is 0 Å². The topological polar surface area (TPSA) is 95.5 Å². The van der Waals surface area contributed by atoms with E-state index in [1.807, 2.05) is 13.8 Å².